The van der Waals surface area contributed by atoms with Crippen LogP contribution in [0.1, 0.15) is 136 Å². The molecule has 0 aromatic heterocycles. The molecule has 0 aliphatic heterocycles. The molecular formula is C46H81NO11P+. The third kappa shape index (κ3) is 39.2. The van der Waals surface area contributed by atoms with Crippen molar-refractivity contribution in [2.45, 2.75) is 160 Å². The molecule has 0 heterocycles. The van der Waals surface area contributed by atoms with Crippen molar-refractivity contribution in [1.82, 2.24) is 0 Å². The first-order chi connectivity index (χ1) is 28.2. The molecule has 0 aliphatic carbocycles. The minimum absolute atomic E-state index is 0.0367. The molecule has 13 heteroatoms. The smallest absolute Gasteiger partial charge is 0.462 e. The van der Waals surface area contributed by atoms with Crippen LogP contribution in [0.25, 0.3) is 0 Å². The number of nitrogens with zero attached hydrogens (tertiary/aromatic N) is 1. The van der Waals surface area contributed by atoms with Crippen molar-refractivity contribution in [3.63, 3.8) is 0 Å². The summed E-state index contributed by atoms with van der Waals surface area (Å²) >= 11 is 0. The third-order valence-electron chi connectivity index (χ3n) is 9.06. The number of rotatable bonds is 38. The van der Waals surface area contributed by atoms with E-state index in [2.05, 4.69) is 19.1 Å². The fraction of sp³-hybridized carbons (Fsp3) is 0.696. The number of ether oxygens (including phenoxy) is 2. The maximum atomic E-state index is 12.7. The van der Waals surface area contributed by atoms with Crippen LogP contribution < -0.4 is 0 Å². The molecule has 0 fully saturated rings. The van der Waals surface area contributed by atoms with Crippen molar-refractivity contribution in [1.29, 1.82) is 0 Å². The highest BCUT2D eigenvalue weighted by molar-refractivity contribution is 7.47. The Labute approximate surface area is 356 Å². The second-order valence-corrected chi connectivity index (χ2v) is 17.4. The number of carbonyl (C=O) groups is 2. The van der Waals surface area contributed by atoms with E-state index < -0.39 is 50.8 Å². The lowest BCUT2D eigenvalue weighted by molar-refractivity contribution is -0.870. The number of aliphatic hydroxyl groups excluding tert-OH is 3. The third-order valence-corrected chi connectivity index (χ3v) is 10.0. The zero-order valence-electron chi connectivity index (χ0n) is 37.0. The Morgan fingerprint density at radius 1 is 0.661 bits per heavy atom. The van der Waals surface area contributed by atoms with E-state index >= 15 is 0 Å². The molecule has 340 valence electrons. The molecule has 12 nitrogen and oxygen atoms in total. The van der Waals surface area contributed by atoms with E-state index in [1.807, 2.05) is 40.2 Å². The summed E-state index contributed by atoms with van der Waals surface area (Å²) in [6.07, 6.45) is 34.7. The van der Waals surface area contributed by atoms with Crippen molar-refractivity contribution < 1.29 is 57.4 Å². The molecule has 0 saturated heterocycles. The summed E-state index contributed by atoms with van der Waals surface area (Å²) in [5.74, 6) is -1.14. The van der Waals surface area contributed by atoms with Crippen LogP contribution >= 0.6 is 7.82 Å². The Bertz CT molecular complexity index is 1290. The average molecular weight is 855 g/mol. The van der Waals surface area contributed by atoms with Gasteiger partial charge in [0, 0.05) is 12.8 Å². The highest BCUT2D eigenvalue weighted by atomic mass is 31.2. The average Bonchev–Trinajstić information content (AvgIpc) is 3.17. The quantitative estimate of drug-likeness (QED) is 0.0117. The van der Waals surface area contributed by atoms with Gasteiger partial charge in [0.2, 0.25) is 0 Å². The normalized spacial score (nSPS) is 15.9. The molecule has 4 N–H and O–H groups in total. The van der Waals surface area contributed by atoms with E-state index in [-0.39, 0.29) is 38.9 Å². The predicted molar refractivity (Wildman–Crippen MR) is 237 cm³/mol. The largest absolute Gasteiger partial charge is 0.472 e. The van der Waals surface area contributed by atoms with Gasteiger partial charge in [-0.1, -0.05) is 138 Å². The van der Waals surface area contributed by atoms with Gasteiger partial charge in [0.25, 0.3) is 0 Å². The van der Waals surface area contributed by atoms with Crippen molar-refractivity contribution in [2.75, 3.05) is 47.5 Å². The molecule has 1 unspecified atom stereocenters. The summed E-state index contributed by atoms with van der Waals surface area (Å²) in [7, 11) is 1.24. The number of phosphoric acid groups is 1. The van der Waals surface area contributed by atoms with Gasteiger partial charge in [-0.15, -0.1) is 0 Å². The van der Waals surface area contributed by atoms with Gasteiger partial charge in [-0.2, -0.15) is 0 Å². The number of hydrogen-bond acceptors (Lipinski definition) is 10. The van der Waals surface area contributed by atoms with Crippen LogP contribution in [0, 0.1) is 0 Å². The Morgan fingerprint density at radius 2 is 1.24 bits per heavy atom. The molecule has 0 saturated carbocycles. The number of likely N-dealkylation sites (N-methyl/N-ethyl adjacent to an activating group) is 1. The van der Waals surface area contributed by atoms with Gasteiger partial charge < -0.3 is 34.2 Å². The van der Waals surface area contributed by atoms with Crippen molar-refractivity contribution >= 4 is 19.8 Å². The molecule has 0 rings (SSSR count). The maximum Gasteiger partial charge on any atom is 0.472 e. The first-order valence-corrected chi connectivity index (χ1v) is 23.5. The number of esters is 2. The summed E-state index contributed by atoms with van der Waals surface area (Å²) in [5, 5.41) is 30.5. The van der Waals surface area contributed by atoms with Gasteiger partial charge in [-0.05, 0) is 57.8 Å². The van der Waals surface area contributed by atoms with Crippen LogP contribution in [-0.2, 0) is 32.7 Å². The molecule has 5 atom stereocenters. The van der Waals surface area contributed by atoms with E-state index in [4.69, 9.17) is 18.5 Å². The number of phosphoric ester groups is 1. The molecule has 0 aliphatic rings. The van der Waals surface area contributed by atoms with Crippen LogP contribution in [0.15, 0.2) is 72.9 Å². The molecule has 0 amide bonds. The Balaban J connectivity index is 4.72. The number of quaternary nitrogens is 1. The second kappa shape index (κ2) is 37.1. The molecule has 0 spiro atoms. The van der Waals surface area contributed by atoms with Crippen molar-refractivity contribution in [3.8, 4) is 0 Å². The maximum absolute atomic E-state index is 12.7. The minimum Gasteiger partial charge on any atom is -0.462 e. The van der Waals surface area contributed by atoms with Crippen LogP contribution in [0.3, 0.4) is 0 Å². The van der Waals surface area contributed by atoms with Crippen molar-refractivity contribution in [2.24, 2.45) is 0 Å². The summed E-state index contributed by atoms with van der Waals surface area (Å²) in [6.45, 7) is 3.79. The molecular weight excluding hydrogens is 773 g/mol. The molecule has 0 aromatic rings. The highest BCUT2D eigenvalue weighted by Crippen LogP contribution is 2.43. The van der Waals surface area contributed by atoms with Crippen LogP contribution in [0.2, 0.25) is 0 Å². The zero-order chi connectivity index (χ0) is 44.0. The molecule has 0 aromatic carbocycles. The van der Waals surface area contributed by atoms with Gasteiger partial charge >= 0.3 is 19.8 Å². The van der Waals surface area contributed by atoms with E-state index in [1.54, 1.807) is 42.5 Å². The van der Waals surface area contributed by atoms with Gasteiger partial charge in [-0.25, -0.2) is 4.57 Å². The van der Waals surface area contributed by atoms with Crippen LogP contribution in [0.5, 0.6) is 0 Å². The lowest BCUT2D eigenvalue weighted by atomic mass is 10.1. The molecule has 0 radical (unpaired) electrons. The minimum atomic E-state index is -4.48. The topological polar surface area (TPSA) is 169 Å². The van der Waals surface area contributed by atoms with E-state index in [0.717, 1.165) is 32.1 Å². The summed E-state index contributed by atoms with van der Waals surface area (Å²) < 4.78 is 34.0. The lowest BCUT2D eigenvalue weighted by Crippen LogP contribution is -2.37. The summed E-state index contributed by atoms with van der Waals surface area (Å²) in [6, 6.07) is 0. The van der Waals surface area contributed by atoms with Gasteiger partial charge in [0.15, 0.2) is 6.10 Å². The summed E-state index contributed by atoms with van der Waals surface area (Å²) in [5.41, 5.74) is 0. The second-order valence-electron chi connectivity index (χ2n) is 15.9. The number of hydrogen-bond donors (Lipinski definition) is 4. The van der Waals surface area contributed by atoms with Gasteiger partial charge in [0.05, 0.1) is 46.1 Å². The Hall–Kier alpha value is -2.67. The monoisotopic (exact) mass is 855 g/mol. The summed E-state index contributed by atoms with van der Waals surface area (Å²) in [4.78, 5) is 35.4. The Kier molecular flexibility index (Phi) is 35.4. The van der Waals surface area contributed by atoms with Gasteiger partial charge in [0.1, 0.15) is 19.8 Å². The number of carbonyl (C=O) groups excluding carboxylic acids is 2. The SMILES string of the molecule is CC/C=C\C[C@H](O)/C=C/C=C/C=C\C=C/[C@@H](O)[C@H](O)CCCC(=O)O[C@H](COC(=O)CCCCCCCCC/C=C\CCCCCC)COP(=O)(O)OCC[N+](C)(C)C. The standard InChI is InChI=1S/C46H80NO11P/c1-6-8-10-11-12-13-14-15-16-17-18-19-20-25-29-35-45(51)55-39-42(40-57-59(53,54)56-38-37-47(3,4)5)58-46(52)36-30-34-44(50)43(49)33-28-24-22-21-23-27-32-41(48)31-26-9-7-2/h9,13-14,21-24,26-28,32-33,41-44,48-50H,6-8,10-12,15-20,25,29-31,34-40H2,1-5H3/p+1/b14-13-,23-21+,24-22-,26-9-,32-27+,33-28-/t41-,42+,43+,44+/m0/s1. The predicted octanol–water partition coefficient (Wildman–Crippen LogP) is 9.15. The van der Waals surface area contributed by atoms with Gasteiger partial charge in [-0.3, -0.25) is 18.6 Å². The number of unbranched alkanes of at least 4 members (excludes halogenated alkanes) is 11. The molecule has 59 heavy (non-hydrogen) atoms. The fourth-order valence-corrected chi connectivity index (χ4v) is 6.21. The lowest BCUT2D eigenvalue weighted by Gasteiger charge is -2.24. The number of aliphatic hydroxyl groups is 3. The number of allylic oxidation sites excluding steroid dienone is 9. The van der Waals surface area contributed by atoms with Crippen molar-refractivity contribution in [3.05, 3.63) is 72.9 Å². The fourth-order valence-electron chi connectivity index (χ4n) is 5.47. The van der Waals surface area contributed by atoms with Crippen LogP contribution in [-0.4, -0.2) is 109 Å². The van der Waals surface area contributed by atoms with E-state index in [0.29, 0.717) is 23.9 Å². The highest BCUT2D eigenvalue weighted by Gasteiger charge is 2.27. The Morgan fingerprint density at radius 3 is 1.86 bits per heavy atom. The molecule has 0 bridgehead atoms. The first-order valence-electron chi connectivity index (χ1n) is 22.0. The van der Waals surface area contributed by atoms with Crippen LogP contribution in [0.4, 0.5) is 0 Å². The first kappa shape index (κ1) is 56.3. The van der Waals surface area contributed by atoms with E-state index in [9.17, 15) is 34.4 Å². The van der Waals surface area contributed by atoms with E-state index in [1.165, 1.54) is 57.4 Å². The zero-order valence-corrected chi connectivity index (χ0v) is 37.9.